The molecule has 0 amide bonds. The lowest BCUT2D eigenvalue weighted by Crippen LogP contribution is -1.86. The zero-order valence-corrected chi connectivity index (χ0v) is 10.4. The molecule has 15 heavy (non-hydrogen) atoms. The molecular weight excluding hydrogens is 249 g/mol. The van der Waals surface area contributed by atoms with Gasteiger partial charge in [-0.05, 0) is 24.6 Å². The van der Waals surface area contributed by atoms with Gasteiger partial charge in [-0.1, -0.05) is 29.3 Å². The van der Waals surface area contributed by atoms with Crippen molar-refractivity contribution in [2.45, 2.75) is 6.92 Å². The molecule has 1 nitrogen and oxygen atoms in total. The van der Waals surface area contributed by atoms with Crippen molar-refractivity contribution >= 4 is 40.2 Å². The van der Waals surface area contributed by atoms with Crippen LogP contribution in [0.4, 0.5) is 5.69 Å². The summed E-state index contributed by atoms with van der Waals surface area (Å²) in [5, 5.41) is 3.05. The Morgan fingerprint density at radius 2 is 1.93 bits per heavy atom. The average molecular weight is 258 g/mol. The first kappa shape index (κ1) is 10.8. The fourth-order valence-corrected chi connectivity index (χ4v) is 2.57. The summed E-state index contributed by atoms with van der Waals surface area (Å²) in [7, 11) is 0. The van der Waals surface area contributed by atoms with Crippen molar-refractivity contribution in [3.05, 3.63) is 38.5 Å². The molecule has 0 aliphatic carbocycles. The second kappa shape index (κ2) is 4.05. The quantitative estimate of drug-likeness (QED) is 0.793. The number of hydrogen-bond donors (Lipinski definition) is 1. The lowest BCUT2D eigenvalue weighted by atomic mass is 10.1. The van der Waals surface area contributed by atoms with E-state index >= 15 is 0 Å². The van der Waals surface area contributed by atoms with Gasteiger partial charge in [0.1, 0.15) is 0 Å². The van der Waals surface area contributed by atoms with E-state index in [0.29, 0.717) is 10.0 Å². The van der Waals surface area contributed by atoms with Crippen molar-refractivity contribution in [3.63, 3.8) is 0 Å². The van der Waals surface area contributed by atoms with Gasteiger partial charge in [0.05, 0.1) is 15.7 Å². The maximum Gasteiger partial charge on any atom is 0.0598 e. The molecule has 2 N–H and O–H groups in total. The van der Waals surface area contributed by atoms with Crippen LogP contribution in [0, 0.1) is 6.92 Å². The lowest BCUT2D eigenvalue weighted by Gasteiger charge is -2.04. The van der Waals surface area contributed by atoms with Crippen molar-refractivity contribution < 1.29 is 0 Å². The van der Waals surface area contributed by atoms with Gasteiger partial charge in [0.2, 0.25) is 0 Å². The first-order valence-corrected chi connectivity index (χ1v) is 6.02. The number of benzene rings is 1. The SMILES string of the molecule is Cc1scc(N)c1-c1ccc(Cl)c(Cl)c1. The Morgan fingerprint density at radius 3 is 2.47 bits per heavy atom. The van der Waals surface area contributed by atoms with Crippen molar-refractivity contribution in [1.82, 2.24) is 0 Å². The van der Waals surface area contributed by atoms with Gasteiger partial charge < -0.3 is 5.73 Å². The van der Waals surface area contributed by atoms with E-state index in [1.807, 2.05) is 24.4 Å². The van der Waals surface area contributed by atoms with E-state index in [-0.39, 0.29) is 0 Å². The molecule has 2 rings (SSSR count). The van der Waals surface area contributed by atoms with E-state index in [4.69, 9.17) is 28.9 Å². The highest BCUT2D eigenvalue weighted by Crippen LogP contribution is 2.36. The first-order chi connectivity index (χ1) is 7.09. The van der Waals surface area contributed by atoms with Crippen LogP contribution in [0.25, 0.3) is 11.1 Å². The van der Waals surface area contributed by atoms with E-state index in [9.17, 15) is 0 Å². The second-order valence-corrected chi connectivity index (χ2v) is 5.15. The Hall–Kier alpha value is -0.700. The Labute approximate surface area is 102 Å². The van der Waals surface area contributed by atoms with Crippen molar-refractivity contribution in [2.75, 3.05) is 5.73 Å². The highest BCUT2D eigenvalue weighted by atomic mass is 35.5. The van der Waals surface area contributed by atoms with Gasteiger partial charge in [-0.25, -0.2) is 0 Å². The fraction of sp³-hybridized carbons (Fsp3) is 0.0909. The average Bonchev–Trinajstić information content (AvgIpc) is 2.52. The number of aryl methyl sites for hydroxylation is 1. The zero-order chi connectivity index (χ0) is 11.0. The molecule has 78 valence electrons. The Morgan fingerprint density at radius 1 is 1.20 bits per heavy atom. The van der Waals surface area contributed by atoms with Crippen LogP contribution in [0.2, 0.25) is 10.0 Å². The summed E-state index contributed by atoms with van der Waals surface area (Å²) in [5.74, 6) is 0. The van der Waals surface area contributed by atoms with Crippen LogP contribution in [0.3, 0.4) is 0 Å². The van der Waals surface area contributed by atoms with E-state index < -0.39 is 0 Å². The molecule has 0 unspecified atom stereocenters. The minimum Gasteiger partial charge on any atom is -0.398 e. The van der Waals surface area contributed by atoms with Crippen LogP contribution in [0.15, 0.2) is 23.6 Å². The zero-order valence-electron chi connectivity index (χ0n) is 8.05. The predicted molar refractivity (Wildman–Crippen MR) is 68.9 cm³/mol. The minimum absolute atomic E-state index is 0.555. The number of halogens is 2. The molecule has 0 radical (unpaired) electrons. The Kier molecular flexibility index (Phi) is 2.91. The Bertz CT molecular complexity index is 486. The molecule has 1 heterocycles. The van der Waals surface area contributed by atoms with Crippen LogP contribution in [0.5, 0.6) is 0 Å². The van der Waals surface area contributed by atoms with Gasteiger partial charge in [-0.15, -0.1) is 11.3 Å². The number of rotatable bonds is 1. The molecule has 0 bridgehead atoms. The molecule has 0 atom stereocenters. The number of nitrogen functional groups attached to an aromatic ring is 1. The molecule has 0 spiro atoms. The summed E-state index contributed by atoms with van der Waals surface area (Å²) < 4.78 is 0. The third kappa shape index (κ3) is 1.98. The molecular formula is C11H9Cl2NS. The lowest BCUT2D eigenvalue weighted by molar-refractivity contribution is 1.58. The van der Waals surface area contributed by atoms with E-state index in [2.05, 4.69) is 0 Å². The Balaban J connectivity index is 2.59. The third-order valence-corrected chi connectivity index (χ3v) is 3.88. The molecule has 0 fully saturated rings. The smallest absolute Gasteiger partial charge is 0.0598 e. The minimum atomic E-state index is 0.555. The van der Waals surface area contributed by atoms with Crippen molar-refractivity contribution in [1.29, 1.82) is 0 Å². The van der Waals surface area contributed by atoms with Crippen LogP contribution >= 0.6 is 34.5 Å². The molecule has 0 saturated carbocycles. The summed E-state index contributed by atoms with van der Waals surface area (Å²) in [5.41, 5.74) is 8.75. The highest BCUT2D eigenvalue weighted by molar-refractivity contribution is 7.11. The normalized spacial score (nSPS) is 10.6. The summed E-state index contributed by atoms with van der Waals surface area (Å²) in [6, 6.07) is 5.56. The highest BCUT2D eigenvalue weighted by Gasteiger charge is 2.09. The number of hydrogen-bond acceptors (Lipinski definition) is 2. The molecule has 1 aromatic heterocycles. The van der Waals surface area contributed by atoms with Crippen molar-refractivity contribution in [2.24, 2.45) is 0 Å². The van der Waals surface area contributed by atoms with Crippen LogP contribution in [0.1, 0.15) is 4.88 Å². The van der Waals surface area contributed by atoms with E-state index in [0.717, 1.165) is 16.8 Å². The summed E-state index contributed by atoms with van der Waals surface area (Å²) in [6.45, 7) is 2.04. The standard InChI is InChI=1S/C11H9Cl2NS/c1-6-11(10(14)5-15-6)7-2-3-8(12)9(13)4-7/h2-5H,14H2,1H3. The molecule has 4 heteroatoms. The number of thiophene rings is 1. The fourth-order valence-electron chi connectivity index (χ4n) is 1.49. The van der Waals surface area contributed by atoms with Crippen LogP contribution < -0.4 is 5.73 Å². The monoisotopic (exact) mass is 257 g/mol. The van der Waals surface area contributed by atoms with Crippen LogP contribution in [-0.2, 0) is 0 Å². The molecule has 2 aromatic rings. The summed E-state index contributed by atoms with van der Waals surface area (Å²) in [6.07, 6.45) is 0. The topological polar surface area (TPSA) is 26.0 Å². The number of anilines is 1. The van der Waals surface area contributed by atoms with E-state index in [1.54, 1.807) is 17.4 Å². The third-order valence-electron chi connectivity index (χ3n) is 2.21. The molecule has 0 aliphatic heterocycles. The maximum absolute atomic E-state index is 5.97. The molecule has 0 saturated heterocycles. The van der Waals surface area contributed by atoms with Gasteiger partial charge in [0.15, 0.2) is 0 Å². The van der Waals surface area contributed by atoms with Crippen molar-refractivity contribution in [3.8, 4) is 11.1 Å². The summed E-state index contributed by atoms with van der Waals surface area (Å²) >= 11 is 13.5. The van der Waals surface area contributed by atoms with E-state index in [1.165, 1.54) is 4.88 Å². The maximum atomic E-state index is 5.97. The number of nitrogens with two attached hydrogens (primary N) is 1. The first-order valence-electron chi connectivity index (χ1n) is 4.38. The summed E-state index contributed by atoms with van der Waals surface area (Å²) in [4.78, 5) is 1.19. The molecule has 0 aliphatic rings. The van der Waals surface area contributed by atoms with Gasteiger partial charge in [-0.3, -0.25) is 0 Å². The second-order valence-electron chi connectivity index (χ2n) is 3.25. The van der Waals surface area contributed by atoms with Gasteiger partial charge in [0.25, 0.3) is 0 Å². The largest absolute Gasteiger partial charge is 0.398 e. The predicted octanol–water partition coefficient (Wildman–Crippen LogP) is 4.61. The van der Waals surface area contributed by atoms with Gasteiger partial charge >= 0.3 is 0 Å². The van der Waals surface area contributed by atoms with Crippen LogP contribution in [-0.4, -0.2) is 0 Å². The van der Waals surface area contributed by atoms with Gasteiger partial charge in [0, 0.05) is 15.8 Å². The van der Waals surface area contributed by atoms with Gasteiger partial charge in [-0.2, -0.15) is 0 Å². The molecule has 1 aromatic carbocycles.